The van der Waals surface area contributed by atoms with Crippen molar-refractivity contribution in [1.29, 1.82) is 0 Å². The first-order chi connectivity index (χ1) is 8.24. The van der Waals surface area contributed by atoms with Crippen LogP contribution in [0.2, 0.25) is 5.15 Å². The first-order valence-corrected chi connectivity index (χ1v) is 5.21. The number of rotatable bonds is 4. The number of amides is 1. The van der Waals surface area contributed by atoms with E-state index in [1.807, 2.05) is 0 Å². The van der Waals surface area contributed by atoms with Gasteiger partial charge in [-0.1, -0.05) is 11.6 Å². The van der Waals surface area contributed by atoms with Crippen LogP contribution in [0.4, 0.5) is 5.82 Å². The number of hydrogen-bond acceptors (Lipinski definition) is 5. The molecule has 88 valence electrons. The highest BCUT2D eigenvalue weighted by molar-refractivity contribution is 6.29. The third kappa shape index (κ3) is 3.49. The average Bonchev–Trinajstić information content (AvgIpc) is 2.79. The van der Waals surface area contributed by atoms with Gasteiger partial charge in [0.15, 0.2) is 0 Å². The molecule has 0 aliphatic heterocycles. The van der Waals surface area contributed by atoms with Crippen LogP contribution in [-0.4, -0.2) is 30.6 Å². The number of nitrogens with one attached hydrogen (secondary N) is 1. The monoisotopic (exact) mass is 252 g/mol. The molecule has 0 unspecified atom stereocenters. The van der Waals surface area contributed by atoms with Crippen molar-refractivity contribution in [2.24, 2.45) is 0 Å². The zero-order chi connectivity index (χ0) is 12.1. The number of anilines is 1. The van der Waals surface area contributed by atoms with E-state index < -0.39 is 0 Å². The number of aryl methyl sites for hydroxylation is 1. The van der Waals surface area contributed by atoms with Crippen molar-refractivity contribution >= 4 is 23.3 Å². The maximum atomic E-state index is 11.5. The fourth-order valence-electron chi connectivity index (χ4n) is 1.17. The summed E-state index contributed by atoms with van der Waals surface area (Å²) >= 11 is 5.66. The molecule has 7 nitrogen and oxygen atoms in total. The second-order valence-electron chi connectivity index (χ2n) is 3.18. The van der Waals surface area contributed by atoms with Crippen molar-refractivity contribution in [3.8, 4) is 0 Å². The zero-order valence-electron chi connectivity index (χ0n) is 8.75. The average molecular weight is 253 g/mol. The molecule has 2 heterocycles. The second-order valence-corrected chi connectivity index (χ2v) is 3.57. The summed E-state index contributed by atoms with van der Waals surface area (Å²) in [4.78, 5) is 22.9. The highest BCUT2D eigenvalue weighted by Crippen LogP contribution is 2.08. The van der Waals surface area contributed by atoms with Crippen molar-refractivity contribution < 1.29 is 4.79 Å². The molecule has 0 spiro atoms. The third-order valence-corrected chi connectivity index (χ3v) is 2.14. The molecule has 1 N–H and O–H groups in total. The van der Waals surface area contributed by atoms with Crippen LogP contribution in [0.25, 0.3) is 0 Å². The quantitative estimate of drug-likeness (QED) is 0.812. The van der Waals surface area contributed by atoms with Crippen LogP contribution < -0.4 is 5.32 Å². The van der Waals surface area contributed by atoms with Gasteiger partial charge in [0, 0.05) is 12.5 Å². The van der Waals surface area contributed by atoms with Crippen LogP contribution in [0.1, 0.15) is 6.42 Å². The van der Waals surface area contributed by atoms with Gasteiger partial charge in [0.2, 0.25) is 5.91 Å². The number of carbonyl (C=O) groups is 1. The fraction of sp³-hybridized carbons (Fsp3) is 0.222. The molecule has 0 fully saturated rings. The minimum absolute atomic E-state index is 0.171. The fourth-order valence-corrected chi connectivity index (χ4v) is 1.32. The molecule has 2 rings (SSSR count). The van der Waals surface area contributed by atoms with Crippen molar-refractivity contribution in [2.75, 3.05) is 5.32 Å². The van der Waals surface area contributed by atoms with E-state index >= 15 is 0 Å². The number of carbonyl (C=O) groups excluding carboxylic acids is 1. The summed E-state index contributed by atoms with van der Waals surface area (Å²) in [5.41, 5.74) is 0. The molecule has 17 heavy (non-hydrogen) atoms. The molecule has 0 bridgehead atoms. The molecular weight excluding hydrogens is 244 g/mol. The lowest BCUT2D eigenvalue weighted by molar-refractivity contribution is -0.116. The first kappa shape index (κ1) is 11.5. The summed E-state index contributed by atoms with van der Waals surface area (Å²) in [5, 5.41) is 6.78. The molecule has 0 aliphatic rings. The Labute approximate surface area is 102 Å². The van der Waals surface area contributed by atoms with Gasteiger partial charge < -0.3 is 5.32 Å². The molecule has 0 aliphatic carbocycles. The summed E-state index contributed by atoms with van der Waals surface area (Å²) < 4.78 is 1.58. The molecule has 0 atom stereocenters. The van der Waals surface area contributed by atoms with Crippen LogP contribution >= 0.6 is 11.6 Å². The predicted octanol–water partition coefficient (Wildman–Crippen LogP) is 0.750. The van der Waals surface area contributed by atoms with Gasteiger partial charge >= 0.3 is 0 Å². The molecule has 8 heteroatoms. The standard InChI is InChI=1S/C9H9ClN6O/c10-7-3-8(13-5-12-7)15-9(17)1-2-16-6-11-4-14-16/h3-6H,1-2H2,(H,12,13,15,17). The predicted molar refractivity (Wildman–Crippen MR) is 60.3 cm³/mol. The minimum atomic E-state index is -0.171. The normalized spacial score (nSPS) is 10.2. The van der Waals surface area contributed by atoms with Gasteiger partial charge in [-0.2, -0.15) is 5.10 Å². The lowest BCUT2D eigenvalue weighted by atomic mass is 10.4. The molecular formula is C9H9ClN6O. The summed E-state index contributed by atoms with van der Waals surface area (Å²) in [7, 11) is 0. The van der Waals surface area contributed by atoms with E-state index in [2.05, 4.69) is 25.4 Å². The smallest absolute Gasteiger partial charge is 0.227 e. The number of halogens is 1. The molecule has 0 aromatic carbocycles. The number of aromatic nitrogens is 5. The molecule has 0 radical (unpaired) electrons. The Morgan fingerprint density at radius 1 is 1.41 bits per heavy atom. The maximum absolute atomic E-state index is 11.5. The largest absolute Gasteiger partial charge is 0.311 e. The van der Waals surface area contributed by atoms with Crippen LogP contribution in [0.3, 0.4) is 0 Å². The Morgan fingerprint density at radius 3 is 3.00 bits per heavy atom. The Kier molecular flexibility index (Phi) is 3.61. The Morgan fingerprint density at radius 2 is 2.29 bits per heavy atom. The van der Waals surface area contributed by atoms with Crippen molar-refractivity contribution in [3.05, 3.63) is 30.2 Å². The van der Waals surface area contributed by atoms with Crippen molar-refractivity contribution in [3.63, 3.8) is 0 Å². The highest BCUT2D eigenvalue weighted by atomic mass is 35.5. The van der Waals surface area contributed by atoms with Gasteiger partial charge in [0.05, 0.1) is 6.54 Å². The van der Waals surface area contributed by atoms with Crippen molar-refractivity contribution in [2.45, 2.75) is 13.0 Å². The SMILES string of the molecule is O=C(CCn1cncn1)Nc1cc(Cl)ncn1. The van der Waals surface area contributed by atoms with E-state index in [0.29, 0.717) is 12.4 Å². The van der Waals surface area contributed by atoms with E-state index in [9.17, 15) is 4.79 Å². The van der Waals surface area contributed by atoms with Gasteiger partial charge in [-0.05, 0) is 0 Å². The molecule has 2 aromatic rings. The zero-order valence-corrected chi connectivity index (χ0v) is 9.50. The molecule has 0 saturated carbocycles. The Balaban J connectivity index is 1.85. The maximum Gasteiger partial charge on any atom is 0.227 e. The highest BCUT2D eigenvalue weighted by Gasteiger charge is 2.04. The minimum Gasteiger partial charge on any atom is -0.311 e. The van der Waals surface area contributed by atoms with Gasteiger partial charge in [0.25, 0.3) is 0 Å². The third-order valence-electron chi connectivity index (χ3n) is 1.94. The topological polar surface area (TPSA) is 85.6 Å². The van der Waals surface area contributed by atoms with E-state index in [4.69, 9.17) is 11.6 Å². The van der Waals surface area contributed by atoms with E-state index in [-0.39, 0.29) is 17.5 Å². The molecule has 1 amide bonds. The Hall–Kier alpha value is -2.02. The van der Waals surface area contributed by atoms with E-state index in [1.165, 1.54) is 18.7 Å². The van der Waals surface area contributed by atoms with Crippen LogP contribution in [-0.2, 0) is 11.3 Å². The number of hydrogen-bond donors (Lipinski definition) is 1. The second kappa shape index (κ2) is 5.35. The van der Waals surface area contributed by atoms with E-state index in [0.717, 1.165) is 0 Å². The number of nitrogens with zero attached hydrogens (tertiary/aromatic N) is 5. The van der Waals surface area contributed by atoms with Crippen molar-refractivity contribution in [1.82, 2.24) is 24.7 Å². The van der Waals surface area contributed by atoms with Crippen LogP contribution in [0.5, 0.6) is 0 Å². The summed E-state index contributed by atoms with van der Waals surface area (Å²) in [6, 6.07) is 1.48. The van der Waals surface area contributed by atoms with Gasteiger partial charge in [-0.3, -0.25) is 9.48 Å². The lowest BCUT2D eigenvalue weighted by Crippen LogP contribution is -2.15. The van der Waals surface area contributed by atoms with Gasteiger partial charge in [-0.15, -0.1) is 0 Å². The van der Waals surface area contributed by atoms with E-state index in [1.54, 1.807) is 11.0 Å². The Bertz CT molecular complexity index is 500. The lowest BCUT2D eigenvalue weighted by Gasteiger charge is -2.03. The molecule has 0 saturated heterocycles. The summed E-state index contributed by atoms with van der Waals surface area (Å²) in [6.07, 6.45) is 4.54. The van der Waals surface area contributed by atoms with Crippen LogP contribution in [0, 0.1) is 0 Å². The first-order valence-electron chi connectivity index (χ1n) is 4.84. The molecule has 2 aromatic heterocycles. The van der Waals surface area contributed by atoms with Gasteiger partial charge in [0.1, 0.15) is 30.0 Å². The van der Waals surface area contributed by atoms with Crippen LogP contribution in [0.15, 0.2) is 25.0 Å². The van der Waals surface area contributed by atoms with Gasteiger partial charge in [-0.25, -0.2) is 15.0 Å². The summed E-state index contributed by atoms with van der Waals surface area (Å²) in [5.74, 6) is 0.212. The summed E-state index contributed by atoms with van der Waals surface area (Å²) in [6.45, 7) is 0.463.